The molecule has 1 fully saturated rings. The summed E-state index contributed by atoms with van der Waals surface area (Å²) in [5.41, 5.74) is 1.51. The van der Waals surface area contributed by atoms with Crippen molar-refractivity contribution in [2.24, 2.45) is 0 Å². The highest BCUT2D eigenvalue weighted by molar-refractivity contribution is 5.40. The van der Waals surface area contributed by atoms with E-state index in [2.05, 4.69) is 5.32 Å². The Hall–Kier alpha value is -1.03. The number of hydrogen-bond acceptors (Lipinski definition) is 1. The zero-order valence-corrected chi connectivity index (χ0v) is 10.1. The first-order chi connectivity index (χ1) is 8.55. The van der Waals surface area contributed by atoms with E-state index in [9.17, 15) is 13.2 Å². The predicted octanol–water partition coefficient (Wildman–Crippen LogP) is 3.49. The molecule has 0 saturated carbocycles. The fraction of sp³-hybridized carbons (Fsp3) is 0.571. The van der Waals surface area contributed by atoms with Crippen LogP contribution in [-0.2, 0) is 12.6 Å². The lowest BCUT2D eigenvalue weighted by atomic mass is 9.91. The van der Waals surface area contributed by atoms with Crippen LogP contribution >= 0.6 is 0 Å². The Kier molecular flexibility index (Phi) is 2.85. The number of aryl methyl sites for hydroxylation is 1. The molecule has 1 saturated heterocycles. The molecule has 2 unspecified atom stereocenters. The van der Waals surface area contributed by atoms with Crippen molar-refractivity contribution in [1.29, 1.82) is 0 Å². The monoisotopic (exact) mass is 255 g/mol. The van der Waals surface area contributed by atoms with Crippen molar-refractivity contribution < 1.29 is 13.2 Å². The quantitative estimate of drug-likeness (QED) is 0.810. The molecule has 2 atom stereocenters. The molecule has 1 aliphatic carbocycles. The molecule has 0 amide bonds. The van der Waals surface area contributed by atoms with Crippen LogP contribution in [0.4, 0.5) is 13.2 Å². The van der Waals surface area contributed by atoms with Gasteiger partial charge in [0.2, 0.25) is 0 Å². The van der Waals surface area contributed by atoms with Crippen LogP contribution in [0.5, 0.6) is 0 Å². The van der Waals surface area contributed by atoms with Gasteiger partial charge in [0.1, 0.15) is 0 Å². The van der Waals surface area contributed by atoms with Crippen LogP contribution in [-0.4, -0.2) is 12.6 Å². The highest BCUT2D eigenvalue weighted by Gasteiger charge is 2.35. The number of fused-ring (bicyclic) bond motifs is 1. The van der Waals surface area contributed by atoms with Crippen LogP contribution in [0.25, 0.3) is 0 Å². The standard InChI is InChI=1S/C14H16F3N/c15-14(16,17)10-4-6-11-9(8-10)3-5-12(11)13-2-1-7-18-13/h4,6,8,12-13,18H,1-3,5,7H2. The summed E-state index contributed by atoms with van der Waals surface area (Å²) in [7, 11) is 0. The molecule has 18 heavy (non-hydrogen) atoms. The predicted molar refractivity (Wildman–Crippen MR) is 63.5 cm³/mol. The van der Waals surface area contributed by atoms with E-state index in [-0.39, 0.29) is 0 Å². The molecule has 1 N–H and O–H groups in total. The van der Waals surface area contributed by atoms with Crippen molar-refractivity contribution >= 4 is 0 Å². The van der Waals surface area contributed by atoms with Gasteiger partial charge in [-0.2, -0.15) is 13.2 Å². The lowest BCUT2D eigenvalue weighted by Crippen LogP contribution is -2.27. The van der Waals surface area contributed by atoms with Gasteiger partial charge in [-0.05, 0) is 61.4 Å². The summed E-state index contributed by atoms with van der Waals surface area (Å²) in [6, 6.07) is 4.72. The minimum Gasteiger partial charge on any atom is -0.313 e. The molecule has 1 nitrogen and oxygen atoms in total. The smallest absolute Gasteiger partial charge is 0.313 e. The van der Waals surface area contributed by atoms with Gasteiger partial charge in [-0.1, -0.05) is 6.07 Å². The van der Waals surface area contributed by atoms with Crippen molar-refractivity contribution in [3.63, 3.8) is 0 Å². The van der Waals surface area contributed by atoms with Gasteiger partial charge < -0.3 is 5.32 Å². The average molecular weight is 255 g/mol. The lowest BCUT2D eigenvalue weighted by Gasteiger charge is -2.20. The van der Waals surface area contributed by atoms with E-state index in [1.54, 1.807) is 6.07 Å². The Morgan fingerprint density at radius 1 is 1.17 bits per heavy atom. The zero-order chi connectivity index (χ0) is 12.8. The highest BCUT2D eigenvalue weighted by Crippen LogP contribution is 2.40. The van der Waals surface area contributed by atoms with E-state index in [1.165, 1.54) is 18.6 Å². The van der Waals surface area contributed by atoms with E-state index >= 15 is 0 Å². The summed E-state index contributed by atoms with van der Waals surface area (Å²) in [6.45, 7) is 1.04. The van der Waals surface area contributed by atoms with E-state index < -0.39 is 11.7 Å². The first-order valence-electron chi connectivity index (χ1n) is 6.49. The SMILES string of the molecule is FC(F)(F)c1ccc2c(c1)CCC2C1CCCN1. The molecule has 1 aromatic carbocycles. The fourth-order valence-corrected chi connectivity index (χ4v) is 3.30. The summed E-state index contributed by atoms with van der Waals surface area (Å²) >= 11 is 0. The minimum absolute atomic E-state index is 0.407. The van der Waals surface area contributed by atoms with E-state index in [0.29, 0.717) is 12.0 Å². The topological polar surface area (TPSA) is 12.0 Å². The van der Waals surface area contributed by atoms with Crippen LogP contribution in [0.3, 0.4) is 0 Å². The summed E-state index contributed by atoms with van der Waals surface area (Å²) < 4.78 is 37.9. The first kappa shape index (κ1) is 12.0. The maximum atomic E-state index is 12.6. The normalized spacial score (nSPS) is 27.5. The van der Waals surface area contributed by atoms with Crippen molar-refractivity contribution in [2.75, 3.05) is 6.54 Å². The van der Waals surface area contributed by atoms with Crippen molar-refractivity contribution in [2.45, 2.75) is 43.8 Å². The van der Waals surface area contributed by atoms with E-state index in [1.807, 2.05) is 0 Å². The van der Waals surface area contributed by atoms with Gasteiger partial charge in [-0.15, -0.1) is 0 Å². The van der Waals surface area contributed by atoms with Gasteiger partial charge in [0.05, 0.1) is 5.56 Å². The second-order valence-corrected chi connectivity index (χ2v) is 5.26. The molecule has 1 heterocycles. The molecule has 0 radical (unpaired) electrons. The van der Waals surface area contributed by atoms with Crippen molar-refractivity contribution in [1.82, 2.24) is 5.32 Å². The van der Waals surface area contributed by atoms with Crippen molar-refractivity contribution in [3.8, 4) is 0 Å². The van der Waals surface area contributed by atoms with Crippen LogP contribution in [0.15, 0.2) is 18.2 Å². The second-order valence-electron chi connectivity index (χ2n) is 5.26. The van der Waals surface area contributed by atoms with Crippen LogP contribution in [0.2, 0.25) is 0 Å². The Morgan fingerprint density at radius 2 is 2.00 bits per heavy atom. The van der Waals surface area contributed by atoms with Gasteiger partial charge in [-0.3, -0.25) is 0 Å². The Balaban J connectivity index is 1.89. The van der Waals surface area contributed by atoms with E-state index in [0.717, 1.165) is 36.9 Å². The third-order valence-corrected chi connectivity index (χ3v) is 4.18. The van der Waals surface area contributed by atoms with Gasteiger partial charge >= 0.3 is 6.18 Å². The van der Waals surface area contributed by atoms with Crippen LogP contribution in [0.1, 0.15) is 41.9 Å². The molecule has 0 bridgehead atoms. The van der Waals surface area contributed by atoms with Crippen LogP contribution < -0.4 is 5.32 Å². The summed E-state index contributed by atoms with van der Waals surface area (Å²) in [5, 5.41) is 3.46. The Bertz CT molecular complexity index is 447. The second kappa shape index (κ2) is 4.26. The Morgan fingerprint density at radius 3 is 2.67 bits per heavy atom. The van der Waals surface area contributed by atoms with Gasteiger partial charge in [-0.25, -0.2) is 0 Å². The number of rotatable bonds is 1. The fourth-order valence-electron chi connectivity index (χ4n) is 3.30. The molecule has 98 valence electrons. The summed E-state index contributed by atoms with van der Waals surface area (Å²) in [4.78, 5) is 0. The average Bonchev–Trinajstić information content (AvgIpc) is 2.95. The Labute approximate surface area is 104 Å². The van der Waals surface area contributed by atoms with Gasteiger partial charge in [0, 0.05) is 6.04 Å². The third-order valence-electron chi connectivity index (χ3n) is 4.18. The number of nitrogens with one attached hydrogen (secondary N) is 1. The maximum Gasteiger partial charge on any atom is 0.416 e. The van der Waals surface area contributed by atoms with E-state index in [4.69, 9.17) is 0 Å². The molecule has 1 aromatic rings. The minimum atomic E-state index is -4.22. The summed E-state index contributed by atoms with van der Waals surface area (Å²) in [6.07, 6.45) is -0.141. The van der Waals surface area contributed by atoms with Gasteiger partial charge in [0.15, 0.2) is 0 Å². The van der Waals surface area contributed by atoms with Crippen molar-refractivity contribution in [3.05, 3.63) is 34.9 Å². The largest absolute Gasteiger partial charge is 0.416 e. The number of hydrogen-bond donors (Lipinski definition) is 1. The first-order valence-corrected chi connectivity index (χ1v) is 6.49. The molecule has 3 rings (SSSR count). The number of halogens is 3. The molecule has 2 aliphatic rings. The number of alkyl halides is 3. The lowest BCUT2D eigenvalue weighted by molar-refractivity contribution is -0.137. The molecule has 4 heteroatoms. The van der Waals surface area contributed by atoms with Crippen LogP contribution in [0, 0.1) is 0 Å². The molecular weight excluding hydrogens is 239 g/mol. The zero-order valence-electron chi connectivity index (χ0n) is 10.1. The molecular formula is C14H16F3N. The summed E-state index contributed by atoms with van der Waals surface area (Å²) in [5.74, 6) is 0.407. The molecule has 0 spiro atoms. The molecule has 1 aliphatic heterocycles. The maximum absolute atomic E-state index is 12.6. The number of benzene rings is 1. The van der Waals surface area contributed by atoms with Gasteiger partial charge in [0.25, 0.3) is 0 Å². The third kappa shape index (κ3) is 2.03. The molecule has 0 aromatic heterocycles. The highest BCUT2D eigenvalue weighted by atomic mass is 19.4.